The Morgan fingerprint density at radius 3 is 2.27 bits per heavy atom. The number of amides is 2. The first-order valence-corrected chi connectivity index (χ1v) is 10.1. The third-order valence-corrected chi connectivity index (χ3v) is 5.62. The van der Waals surface area contributed by atoms with Crippen LogP contribution in [-0.2, 0) is 10.0 Å². The molecule has 1 aliphatic carbocycles. The molecule has 0 aliphatic heterocycles. The van der Waals surface area contributed by atoms with Gasteiger partial charge in [0, 0.05) is 31.9 Å². The zero-order valence-corrected chi connectivity index (χ0v) is 16.1. The van der Waals surface area contributed by atoms with Crippen LogP contribution in [0.15, 0.2) is 40.4 Å². The molecule has 0 aromatic heterocycles. The lowest BCUT2D eigenvalue weighted by Crippen LogP contribution is -2.43. The van der Waals surface area contributed by atoms with E-state index in [1.807, 2.05) is 7.05 Å². The van der Waals surface area contributed by atoms with Crippen LogP contribution in [0.25, 0.3) is 5.70 Å². The molecule has 1 aromatic carbocycles. The molecule has 7 nitrogen and oxygen atoms in total. The second-order valence-corrected chi connectivity index (χ2v) is 8.10. The number of rotatable bonds is 5. The highest BCUT2D eigenvalue weighted by atomic mass is 32.2. The predicted octanol–water partition coefficient (Wildman–Crippen LogP) is 2.65. The number of hydrogen-bond donors (Lipinski definition) is 1. The van der Waals surface area contributed by atoms with Crippen LogP contribution in [0.3, 0.4) is 0 Å². The molecule has 0 unspecified atom stereocenters. The van der Waals surface area contributed by atoms with Crippen molar-refractivity contribution in [1.29, 1.82) is 0 Å². The van der Waals surface area contributed by atoms with E-state index < -0.39 is 10.0 Å². The first-order chi connectivity index (χ1) is 12.2. The molecule has 0 spiro atoms. The highest BCUT2D eigenvalue weighted by molar-refractivity contribution is 7.89. The van der Waals surface area contributed by atoms with E-state index in [2.05, 4.69) is 11.7 Å². The third kappa shape index (κ3) is 4.92. The monoisotopic (exact) mass is 378 g/mol. The van der Waals surface area contributed by atoms with E-state index in [-0.39, 0.29) is 17.0 Å². The molecular formula is C18H26N4O3S. The number of aliphatic imine (C=N–C) groups is 1. The maximum absolute atomic E-state index is 12.7. The van der Waals surface area contributed by atoms with Gasteiger partial charge in [-0.05, 0) is 31.7 Å². The molecule has 1 aromatic rings. The van der Waals surface area contributed by atoms with Crippen LogP contribution in [0.4, 0.5) is 4.79 Å². The summed E-state index contributed by atoms with van der Waals surface area (Å²) < 4.78 is 22.7. The Hall–Kier alpha value is -2.19. The fourth-order valence-electron chi connectivity index (χ4n) is 3.13. The summed E-state index contributed by atoms with van der Waals surface area (Å²) in [6.07, 6.45) is 7.19. The average Bonchev–Trinajstić information content (AvgIpc) is 2.64. The molecule has 26 heavy (non-hydrogen) atoms. The van der Waals surface area contributed by atoms with Crippen LogP contribution in [-0.4, -0.2) is 51.1 Å². The van der Waals surface area contributed by atoms with Gasteiger partial charge in [-0.25, -0.2) is 18.4 Å². The van der Waals surface area contributed by atoms with Gasteiger partial charge in [-0.2, -0.15) is 0 Å². The van der Waals surface area contributed by atoms with Crippen LogP contribution in [0, 0.1) is 0 Å². The number of carbonyl (C=O) groups is 1. The van der Waals surface area contributed by atoms with Gasteiger partial charge in [0.1, 0.15) is 0 Å². The maximum atomic E-state index is 12.7. The summed E-state index contributed by atoms with van der Waals surface area (Å²) >= 11 is 0. The van der Waals surface area contributed by atoms with E-state index in [0.717, 1.165) is 25.7 Å². The van der Waals surface area contributed by atoms with Crippen molar-refractivity contribution in [2.45, 2.75) is 43.0 Å². The number of carbonyl (C=O) groups excluding carboxylic acids is 1. The van der Waals surface area contributed by atoms with E-state index in [1.54, 1.807) is 30.3 Å². The van der Waals surface area contributed by atoms with E-state index in [0.29, 0.717) is 11.3 Å². The van der Waals surface area contributed by atoms with Gasteiger partial charge in [0.25, 0.3) is 0 Å². The van der Waals surface area contributed by atoms with Crippen molar-refractivity contribution in [3.8, 4) is 0 Å². The second kappa shape index (κ2) is 8.46. The minimum Gasteiger partial charge on any atom is -0.324 e. The fraction of sp³-hybridized carbons (Fsp3) is 0.444. The summed E-state index contributed by atoms with van der Waals surface area (Å²) in [7, 11) is -0.253. The smallest absolute Gasteiger partial charge is 0.323 e. The van der Waals surface area contributed by atoms with Crippen LogP contribution in [0.1, 0.15) is 37.7 Å². The standard InChI is InChI=1S/C18H26N4O3S/c1-20-17(14-9-11-16(12-10-14)26(19,24)25)13-21(2)18(23)22(3)15-7-5-4-6-8-15/h9-13,15H,1,4-8H2,2-3H3,(H2,19,24,25). The lowest BCUT2D eigenvalue weighted by Gasteiger charge is -2.33. The number of nitrogens with two attached hydrogens (primary N) is 1. The van der Waals surface area contributed by atoms with Crippen molar-refractivity contribution in [3.05, 3.63) is 36.0 Å². The first-order valence-electron chi connectivity index (χ1n) is 8.55. The first kappa shape index (κ1) is 20.1. The van der Waals surface area contributed by atoms with Crippen molar-refractivity contribution in [3.63, 3.8) is 0 Å². The summed E-state index contributed by atoms with van der Waals surface area (Å²) in [6, 6.07) is 6.13. The molecule has 142 valence electrons. The van der Waals surface area contributed by atoms with Crippen molar-refractivity contribution in [2.75, 3.05) is 14.1 Å². The van der Waals surface area contributed by atoms with Gasteiger partial charge in [-0.15, -0.1) is 0 Å². The molecule has 0 atom stereocenters. The van der Waals surface area contributed by atoms with Gasteiger partial charge < -0.3 is 9.80 Å². The second-order valence-electron chi connectivity index (χ2n) is 6.54. The molecule has 1 fully saturated rings. The predicted molar refractivity (Wildman–Crippen MR) is 103 cm³/mol. The molecule has 8 heteroatoms. The van der Waals surface area contributed by atoms with Gasteiger partial charge in [-0.3, -0.25) is 4.99 Å². The Morgan fingerprint density at radius 2 is 1.77 bits per heavy atom. The highest BCUT2D eigenvalue weighted by Crippen LogP contribution is 2.23. The van der Waals surface area contributed by atoms with Crippen molar-refractivity contribution >= 4 is 28.5 Å². The molecule has 1 saturated carbocycles. The highest BCUT2D eigenvalue weighted by Gasteiger charge is 2.24. The van der Waals surface area contributed by atoms with Gasteiger partial charge in [0.2, 0.25) is 10.0 Å². The summed E-state index contributed by atoms with van der Waals surface area (Å²) in [5, 5.41) is 5.10. The molecule has 2 rings (SSSR count). The lowest BCUT2D eigenvalue weighted by molar-refractivity contribution is 0.154. The Balaban J connectivity index is 2.16. The largest absolute Gasteiger partial charge is 0.324 e. The number of primary sulfonamides is 1. The number of sulfonamides is 1. The zero-order valence-electron chi connectivity index (χ0n) is 15.3. The summed E-state index contributed by atoms with van der Waals surface area (Å²) in [5.41, 5.74) is 1.12. The lowest BCUT2D eigenvalue weighted by atomic mass is 9.95. The normalized spacial score (nSPS) is 16.2. The van der Waals surface area contributed by atoms with E-state index in [4.69, 9.17) is 5.14 Å². The quantitative estimate of drug-likeness (QED) is 0.798. The molecule has 0 bridgehead atoms. The zero-order chi connectivity index (χ0) is 19.3. The van der Waals surface area contributed by atoms with E-state index in [1.165, 1.54) is 23.5 Å². The maximum Gasteiger partial charge on any atom is 0.323 e. The Kier molecular flexibility index (Phi) is 6.55. The van der Waals surface area contributed by atoms with Gasteiger partial charge in [0.05, 0.1) is 10.6 Å². The third-order valence-electron chi connectivity index (χ3n) is 4.69. The molecule has 1 aliphatic rings. The average molecular weight is 378 g/mol. The SMILES string of the molecule is C=NC(=CN(C)C(=O)N(C)C1CCCCC1)c1ccc(S(N)(=O)=O)cc1. The van der Waals surface area contributed by atoms with Gasteiger partial charge in [-0.1, -0.05) is 31.4 Å². The van der Waals surface area contributed by atoms with E-state index >= 15 is 0 Å². The fourth-order valence-corrected chi connectivity index (χ4v) is 3.65. The van der Waals surface area contributed by atoms with Crippen LogP contribution in [0.2, 0.25) is 0 Å². The van der Waals surface area contributed by atoms with Crippen LogP contribution >= 0.6 is 0 Å². The Bertz CT molecular complexity index is 781. The van der Waals surface area contributed by atoms with Gasteiger partial charge in [0.15, 0.2) is 0 Å². The topological polar surface area (TPSA) is 96.1 Å². The summed E-state index contributed by atoms with van der Waals surface area (Å²) in [6.45, 7) is 3.54. The minimum absolute atomic E-state index is 0.0196. The Labute approximate surface area is 155 Å². The molecule has 2 amide bonds. The Morgan fingerprint density at radius 1 is 1.19 bits per heavy atom. The van der Waals surface area contributed by atoms with E-state index in [9.17, 15) is 13.2 Å². The number of benzene rings is 1. The number of urea groups is 1. The summed E-state index contributed by atoms with van der Waals surface area (Å²) in [5.74, 6) is 0. The molecule has 0 saturated heterocycles. The van der Waals surface area contributed by atoms with Gasteiger partial charge >= 0.3 is 6.03 Å². The number of nitrogens with zero attached hydrogens (tertiary/aromatic N) is 3. The van der Waals surface area contributed by atoms with Crippen molar-refractivity contribution < 1.29 is 13.2 Å². The van der Waals surface area contributed by atoms with Crippen LogP contribution in [0.5, 0.6) is 0 Å². The molecular weight excluding hydrogens is 352 g/mol. The molecule has 0 radical (unpaired) electrons. The number of hydrogen-bond acceptors (Lipinski definition) is 4. The van der Waals surface area contributed by atoms with Crippen LogP contribution < -0.4 is 5.14 Å². The molecule has 0 heterocycles. The van der Waals surface area contributed by atoms with Crippen molar-refractivity contribution in [2.24, 2.45) is 10.1 Å². The summed E-state index contributed by atoms with van der Waals surface area (Å²) in [4.78, 5) is 19.9. The minimum atomic E-state index is -3.75. The molecule has 2 N–H and O–H groups in total. The van der Waals surface area contributed by atoms with Crippen molar-refractivity contribution in [1.82, 2.24) is 9.80 Å².